The van der Waals surface area contributed by atoms with Crippen LogP contribution in [0.5, 0.6) is 0 Å². The second kappa shape index (κ2) is 5.63. The molecule has 1 aliphatic rings. The van der Waals surface area contributed by atoms with Gasteiger partial charge >= 0.3 is 0 Å². The molecule has 1 fully saturated rings. The Kier molecular flexibility index (Phi) is 4.31. The molecule has 0 radical (unpaired) electrons. The molecule has 1 heterocycles. The van der Waals surface area contributed by atoms with Crippen molar-refractivity contribution in [1.82, 2.24) is 4.90 Å². The SMILES string of the molecule is CC(C)(C(=O)N1CCC(CN)C1)c1cccc(Br)c1. The number of hydrogen-bond donors (Lipinski definition) is 1. The minimum atomic E-state index is -0.493. The Morgan fingerprint density at radius 3 is 2.84 bits per heavy atom. The van der Waals surface area contributed by atoms with Crippen molar-refractivity contribution in [1.29, 1.82) is 0 Å². The van der Waals surface area contributed by atoms with E-state index in [4.69, 9.17) is 5.73 Å². The number of benzene rings is 1. The second-order valence-corrected chi connectivity index (χ2v) is 6.69. The Bertz CT molecular complexity index is 473. The van der Waals surface area contributed by atoms with Crippen LogP contribution in [-0.4, -0.2) is 30.4 Å². The molecule has 2 rings (SSSR count). The summed E-state index contributed by atoms with van der Waals surface area (Å²) in [6.07, 6.45) is 1.02. The van der Waals surface area contributed by atoms with E-state index in [0.29, 0.717) is 12.5 Å². The van der Waals surface area contributed by atoms with Gasteiger partial charge in [-0.1, -0.05) is 28.1 Å². The summed E-state index contributed by atoms with van der Waals surface area (Å²) in [4.78, 5) is 14.7. The third kappa shape index (κ3) is 3.00. The van der Waals surface area contributed by atoms with Crippen LogP contribution >= 0.6 is 15.9 Å². The van der Waals surface area contributed by atoms with Crippen molar-refractivity contribution in [3.05, 3.63) is 34.3 Å². The highest BCUT2D eigenvalue weighted by atomic mass is 79.9. The van der Waals surface area contributed by atoms with Gasteiger partial charge < -0.3 is 10.6 Å². The molecule has 1 atom stereocenters. The van der Waals surface area contributed by atoms with Crippen molar-refractivity contribution >= 4 is 21.8 Å². The van der Waals surface area contributed by atoms with E-state index < -0.39 is 5.41 Å². The zero-order valence-electron chi connectivity index (χ0n) is 11.5. The van der Waals surface area contributed by atoms with Gasteiger partial charge in [0.2, 0.25) is 5.91 Å². The number of hydrogen-bond acceptors (Lipinski definition) is 2. The van der Waals surface area contributed by atoms with E-state index in [1.807, 2.05) is 43.0 Å². The molecule has 19 heavy (non-hydrogen) atoms. The van der Waals surface area contributed by atoms with Crippen molar-refractivity contribution in [2.24, 2.45) is 11.7 Å². The summed E-state index contributed by atoms with van der Waals surface area (Å²) in [6.45, 7) is 6.28. The monoisotopic (exact) mass is 324 g/mol. The number of nitrogens with zero attached hydrogens (tertiary/aromatic N) is 1. The number of carbonyl (C=O) groups is 1. The van der Waals surface area contributed by atoms with E-state index >= 15 is 0 Å². The average Bonchev–Trinajstić information content (AvgIpc) is 2.86. The van der Waals surface area contributed by atoms with Gasteiger partial charge in [-0.15, -0.1) is 0 Å². The third-order valence-electron chi connectivity index (χ3n) is 3.99. The first kappa shape index (κ1) is 14.5. The maximum absolute atomic E-state index is 12.7. The molecule has 0 aliphatic carbocycles. The molecule has 0 saturated carbocycles. The van der Waals surface area contributed by atoms with Gasteiger partial charge in [-0.3, -0.25) is 4.79 Å². The van der Waals surface area contributed by atoms with Crippen LogP contribution in [0.25, 0.3) is 0 Å². The third-order valence-corrected chi connectivity index (χ3v) is 4.48. The van der Waals surface area contributed by atoms with Gasteiger partial charge in [-0.25, -0.2) is 0 Å². The summed E-state index contributed by atoms with van der Waals surface area (Å²) >= 11 is 3.47. The minimum absolute atomic E-state index is 0.196. The maximum Gasteiger partial charge on any atom is 0.232 e. The molecule has 0 spiro atoms. The van der Waals surface area contributed by atoms with Crippen molar-refractivity contribution in [3.63, 3.8) is 0 Å². The summed E-state index contributed by atoms with van der Waals surface area (Å²) in [7, 11) is 0. The first-order chi connectivity index (χ1) is 8.95. The number of carbonyl (C=O) groups excluding carboxylic acids is 1. The number of rotatable bonds is 3. The molecule has 2 N–H and O–H groups in total. The van der Waals surface area contributed by atoms with Crippen molar-refractivity contribution < 1.29 is 4.79 Å². The lowest BCUT2D eigenvalue weighted by Gasteiger charge is -2.30. The molecule has 1 unspecified atom stereocenters. The summed E-state index contributed by atoms with van der Waals surface area (Å²) in [5.41, 5.74) is 6.24. The topological polar surface area (TPSA) is 46.3 Å². The molecular formula is C15H21BrN2O. The predicted molar refractivity (Wildman–Crippen MR) is 80.9 cm³/mol. The average molecular weight is 325 g/mol. The maximum atomic E-state index is 12.7. The fourth-order valence-electron chi connectivity index (χ4n) is 2.61. The normalized spacial score (nSPS) is 19.8. The highest BCUT2D eigenvalue weighted by molar-refractivity contribution is 9.10. The smallest absolute Gasteiger partial charge is 0.232 e. The summed E-state index contributed by atoms with van der Waals surface area (Å²) in [6, 6.07) is 7.99. The predicted octanol–water partition coefficient (Wildman–Crippen LogP) is 2.53. The van der Waals surface area contributed by atoms with E-state index in [2.05, 4.69) is 15.9 Å². The largest absolute Gasteiger partial charge is 0.342 e. The van der Waals surface area contributed by atoms with Crippen LogP contribution in [0.1, 0.15) is 25.8 Å². The van der Waals surface area contributed by atoms with Crippen molar-refractivity contribution in [2.45, 2.75) is 25.7 Å². The van der Waals surface area contributed by atoms with E-state index in [1.165, 1.54) is 0 Å². The Hall–Kier alpha value is -0.870. The molecule has 1 saturated heterocycles. The van der Waals surface area contributed by atoms with E-state index in [-0.39, 0.29) is 5.91 Å². The van der Waals surface area contributed by atoms with Crippen LogP contribution in [0.4, 0.5) is 0 Å². The van der Waals surface area contributed by atoms with Gasteiger partial charge in [-0.2, -0.15) is 0 Å². The summed E-state index contributed by atoms with van der Waals surface area (Å²) in [5.74, 6) is 0.656. The first-order valence-corrected chi connectivity index (χ1v) is 7.50. The molecule has 1 aliphatic heterocycles. The fourth-order valence-corrected chi connectivity index (χ4v) is 3.00. The van der Waals surface area contributed by atoms with Crippen LogP contribution < -0.4 is 5.73 Å². The highest BCUT2D eigenvalue weighted by Gasteiger charge is 2.36. The molecule has 0 aromatic heterocycles. The van der Waals surface area contributed by atoms with Gasteiger partial charge in [0.25, 0.3) is 0 Å². The van der Waals surface area contributed by atoms with Crippen LogP contribution in [0.3, 0.4) is 0 Å². The lowest BCUT2D eigenvalue weighted by molar-refractivity contribution is -0.135. The highest BCUT2D eigenvalue weighted by Crippen LogP contribution is 2.30. The molecule has 104 valence electrons. The van der Waals surface area contributed by atoms with Crippen LogP contribution in [-0.2, 0) is 10.2 Å². The lowest BCUT2D eigenvalue weighted by Crippen LogP contribution is -2.42. The Morgan fingerprint density at radius 2 is 2.26 bits per heavy atom. The Labute approximate surface area is 123 Å². The minimum Gasteiger partial charge on any atom is -0.342 e. The second-order valence-electron chi connectivity index (χ2n) is 5.78. The van der Waals surface area contributed by atoms with Crippen molar-refractivity contribution in [2.75, 3.05) is 19.6 Å². The number of halogens is 1. The summed E-state index contributed by atoms with van der Waals surface area (Å²) in [5, 5.41) is 0. The zero-order chi connectivity index (χ0) is 14.0. The van der Waals surface area contributed by atoms with Gasteiger partial charge in [0.05, 0.1) is 5.41 Å². The quantitative estimate of drug-likeness (QED) is 0.928. The molecule has 0 bridgehead atoms. The lowest BCUT2D eigenvalue weighted by atomic mass is 9.83. The van der Waals surface area contributed by atoms with E-state index in [1.54, 1.807) is 0 Å². The number of nitrogens with two attached hydrogens (primary N) is 1. The molecule has 3 nitrogen and oxygen atoms in total. The Morgan fingerprint density at radius 1 is 1.53 bits per heavy atom. The van der Waals surface area contributed by atoms with Gasteiger partial charge in [0.1, 0.15) is 0 Å². The first-order valence-electron chi connectivity index (χ1n) is 6.70. The van der Waals surface area contributed by atoms with E-state index in [9.17, 15) is 4.79 Å². The Balaban J connectivity index is 2.17. The van der Waals surface area contributed by atoms with Gasteiger partial charge in [0.15, 0.2) is 0 Å². The fraction of sp³-hybridized carbons (Fsp3) is 0.533. The van der Waals surface area contributed by atoms with Crippen molar-refractivity contribution in [3.8, 4) is 0 Å². The molecule has 1 aromatic carbocycles. The summed E-state index contributed by atoms with van der Waals surface area (Å²) < 4.78 is 1.01. The van der Waals surface area contributed by atoms with Crippen LogP contribution in [0, 0.1) is 5.92 Å². The molecule has 1 amide bonds. The van der Waals surface area contributed by atoms with E-state index in [0.717, 1.165) is 29.5 Å². The molecule has 4 heteroatoms. The number of likely N-dealkylation sites (tertiary alicyclic amines) is 1. The van der Waals surface area contributed by atoms with Gasteiger partial charge in [-0.05, 0) is 50.4 Å². The van der Waals surface area contributed by atoms with Gasteiger partial charge in [0, 0.05) is 17.6 Å². The molecule has 1 aromatic rings. The molecular weight excluding hydrogens is 304 g/mol. The van der Waals surface area contributed by atoms with Crippen LogP contribution in [0.15, 0.2) is 28.7 Å². The zero-order valence-corrected chi connectivity index (χ0v) is 13.1. The standard InChI is InChI=1S/C15H21BrN2O/c1-15(2,12-4-3-5-13(16)8-12)14(19)18-7-6-11(9-17)10-18/h3-5,8,11H,6-7,9-10,17H2,1-2H3. The number of amides is 1. The van der Waals surface area contributed by atoms with Crippen LogP contribution in [0.2, 0.25) is 0 Å².